The van der Waals surface area contributed by atoms with Gasteiger partial charge in [0.05, 0.1) is 19.1 Å². The Morgan fingerprint density at radius 3 is 2.11 bits per heavy atom. The first kappa shape index (κ1) is 30.2. The number of carbonyl (C=O) groups is 1. The minimum atomic E-state index is -4.16. The molecule has 0 fully saturated rings. The van der Waals surface area contributed by atoms with Crippen LogP contribution >= 0.6 is 0 Å². The Labute approximate surface area is 217 Å². The molecule has 7 nitrogen and oxygen atoms in total. The van der Waals surface area contributed by atoms with Gasteiger partial charge >= 0.3 is 0 Å². The van der Waals surface area contributed by atoms with Crippen LogP contribution < -0.4 is 4.72 Å². The largest absolute Gasteiger partial charge is 0.412 e. The highest BCUT2D eigenvalue weighted by molar-refractivity contribution is 7.90. The predicted octanol–water partition coefficient (Wildman–Crippen LogP) is 5.73. The van der Waals surface area contributed by atoms with Gasteiger partial charge in [0.1, 0.15) is 5.82 Å². The van der Waals surface area contributed by atoms with Crippen molar-refractivity contribution in [3.8, 4) is 0 Å². The third-order valence-corrected chi connectivity index (χ3v) is 12.6. The normalized spacial score (nSPS) is 13.9. The SMILES string of the molecule is CC(Cn1ccc(S(=O)(=O)NC(=O)Cc2c(C(C)C)cc(F)cc2C(C)C)n1)O[Si](C)(C)C(C)(C)C. The molecule has 1 unspecified atom stereocenters. The molecule has 0 aliphatic heterocycles. The van der Waals surface area contributed by atoms with Crippen molar-refractivity contribution in [3.63, 3.8) is 0 Å². The number of sulfonamides is 1. The number of carbonyl (C=O) groups excluding carboxylic acids is 1. The molecule has 0 saturated heterocycles. The van der Waals surface area contributed by atoms with Crippen LogP contribution in [0.4, 0.5) is 4.39 Å². The summed E-state index contributed by atoms with van der Waals surface area (Å²) in [5.74, 6) is -1.10. The zero-order chi connectivity index (χ0) is 27.6. The van der Waals surface area contributed by atoms with Crippen LogP contribution in [0.2, 0.25) is 18.1 Å². The molecule has 202 valence electrons. The van der Waals surface area contributed by atoms with Crippen molar-refractivity contribution in [2.75, 3.05) is 0 Å². The van der Waals surface area contributed by atoms with Crippen LogP contribution in [-0.4, -0.2) is 38.5 Å². The molecule has 1 atom stereocenters. The van der Waals surface area contributed by atoms with Gasteiger partial charge in [-0.05, 0) is 71.8 Å². The van der Waals surface area contributed by atoms with Gasteiger partial charge < -0.3 is 4.43 Å². The molecule has 1 aromatic heterocycles. The molecule has 0 radical (unpaired) electrons. The number of rotatable bonds is 10. The molecule has 0 spiro atoms. The van der Waals surface area contributed by atoms with Crippen LogP contribution in [0.15, 0.2) is 29.4 Å². The van der Waals surface area contributed by atoms with Gasteiger partial charge in [-0.3, -0.25) is 9.48 Å². The van der Waals surface area contributed by atoms with Crippen LogP contribution in [0, 0.1) is 5.82 Å². The zero-order valence-electron chi connectivity index (χ0n) is 23.3. The standard InChI is InChI=1S/C26H42FN3O4SSi/c1-17(2)21-13-20(27)14-22(18(3)4)23(21)15-24(31)29-35(32,33)25-11-12-30(28-25)16-19(5)34-36(9,10)26(6,7)8/h11-14,17-19H,15-16H2,1-10H3,(H,29,31). The highest BCUT2D eigenvalue weighted by Gasteiger charge is 2.38. The van der Waals surface area contributed by atoms with Crippen molar-refractivity contribution in [1.82, 2.24) is 14.5 Å². The third kappa shape index (κ3) is 7.49. The number of nitrogens with one attached hydrogen (secondary N) is 1. The Morgan fingerprint density at radius 2 is 1.64 bits per heavy atom. The Hall–Kier alpha value is -2.04. The summed E-state index contributed by atoms with van der Waals surface area (Å²) in [7, 11) is -6.14. The van der Waals surface area contributed by atoms with Crippen molar-refractivity contribution in [3.05, 3.63) is 46.9 Å². The lowest BCUT2D eigenvalue weighted by Gasteiger charge is -2.38. The lowest BCUT2D eigenvalue weighted by molar-refractivity contribution is -0.118. The average molecular weight is 540 g/mol. The summed E-state index contributed by atoms with van der Waals surface area (Å²) < 4.78 is 50.0. The fourth-order valence-electron chi connectivity index (χ4n) is 3.88. The smallest absolute Gasteiger partial charge is 0.283 e. The van der Waals surface area contributed by atoms with Gasteiger partial charge in [0.25, 0.3) is 10.0 Å². The molecular weight excluding hydrogens is 497 g/mol. The second kappa shape index (κ2) is 11.1. The minimum absolute atomic E-state index is 0.0242. The maximum atomic E-state index is 14.2. The Bertz CT molecular complexity index is 1160. The Balaban J connectivity index is 2.17. The van der Waals surface area contributed by atoms with Crippen molar-refractivity contribution in [1.29, 1.82) is 0 Å². The highest BCUT2D eigenvalue weighted by atomic mass is 32.2. The quantitative estimate of drug-likeness (QED) is 0.390. The first-order valence-corrected chi connectivity index (χ1v) is 16.8. The zero-order valence-corrected chi connectivity index (χ0v) is 25.1. The summed E-state index contributed by atoms with van der Waals surface area (Å²) in [6, 6.07) is 4.20. The summed E-state index contributed by atoms with van der Waals surface area (Å²) >= 11 is 0. The van der Waals surface area contributed by atoms with Crippen molar-refractivity contribution < 1.29 is 22.0 Å². The van der Waals surface area contributed by atoms with Gasteiger partial charge in [0.2, 0.25) is 5.91 Å². The van der Waals surface area contributed by atoms with Gasteiger partial charge in [-0.15, -0.1) is 0 Å². The van der Waals surface area contributed by atoms with Gasteiger partial charge in [0, 0.05) is 6.20 Å². The van der Waals surface area contributed by atoms with Crippen LogP contribution in [-0.2, 0) is 32.2 Å². The van der Waals surface area contributed by atoms with E-state index in [1.165, 1.54) is 22.9 Å². The molecule has 2 aromatic rings. The maximum absolute atomic E-state index is 14.2. The molecule has 1 heterocycles. The topological polar surface area (TPSA) is 90.3 Å². The van der Waals surface area contributed by atoms with Crippen LogP contribution in [0.25, 0.3) is 0 Å². The van der Waals surface area contributed by atoms with Crippen LogP contribution in [0.5, 0.6) is 0 Å². The van der Waals surface area contributed by atoms with Gasteiger partial charge in [-0.1, -0.05) is 48.5 Å². The third-order valence-electron chi connectivity index (χ3n) is 6.75. The van der Waals surface area contributed by atoms with E-state index in [1.54, 1.807) is 6.20 Å². The summed E-state index contributed by atoms with van der Waals surface area (Å²) in [5.41, 5.74) is 2.06. The van der Waals surface area contributed by atoms with E-state index in [0.29, 0.717) is 23.2 Å². The molecule has 1 aromatic carbocycles. The van der Waals surface area contributed by atoms with E-state index < -0.39 is 24.2 Å². The van der Waals surface area contributed by atoms with E-state index in [1.807, 2.05) is 34.6 Å². The first-order valence-electron chi connectivity index (χ1n) is 12.4. The molecule has 10 heteroatoms. The average Bonchev–Trinajstić information content (AvgIpc) is 3.16. The number of hydrogen-bond donors (Lipinski definition) is 1. The number of nitrogens with zero attached hydrogens (tertiary/aromatic N) is 2. The van der Waals surface area contributed by atoms with E-state index >= 15 is 0 Å². The van der Waals surface area contributed by atoms with Crippen molar-refractivity contribution in [2.24, 2.45) is 0 Å². The van der Waals surface area contributed by atoms with E-state index in [0.717, 1.165) is 0 Å². The fraction of sp³-hybridized carbons (Fsp3) is 0.615. The van der Waals surface area contributed by atoms with Gasteiger partial charge in [-0.25, -0.2) is 9.11 Å². The molecular formula is C26H42FN3O4SSi. The summed E-state index contributed by atoms with van der Waals surface area (Å²) in [4.78, 5) is 12.8. The van der Waals surface area contributed by atoms with E-state index in [4.69, 9.17) is 4.43 Å². The second-order valence-electron chi connectivity index (χ2n) is 11.6. The minimum Gasteiger partial charge on any atom is -0.412 e. The van der Waals surface area contributed by atoms with E-state index in [9.17, 15) is 17.6 Å². The van der Waals surface area contributed by atoms with Crippen LogP contribution in [0.3, 0.4) is 0 Å². The molecule has 0 aliphatic carbocycles. The van der Waals surface area contributed by atoms with E-state index in [-0.39, 0.29) is 40.2 Å². The summed E-state index contributed by atoms with van der Waals surface area (Å²) in [6.45, 7) is 20.8. The summed E-state index contributed by atoms with van der Waals surface area (Å²) in [5, 5.41) is 4.00. The lowest BCUT2D eigenvalue weighted by atomic mass is 9.87. The first-order chi connectivity index (χ1) is 16.3. The highest BCUT2D eigenvalue weighted by Crippen LogP contribution is 2.37. The van der Waals surface area contributed by atoms with Crippen molar-refractivity contribution in [2.45, 2.75) is 109 Å². The van der Waals surface area contributed by atoms with Crippen molar-refractivity contribution >= 4 is 24.2 Å². The molecule has 0 saturated carbocycles. The number of benzene rings is 1. The number of hydrogen-bond acceptors (Lipinski definition) is 5. The monoisotopic (exact) mass is 539 g/mol. The van der Waals surface area contributed by atoms with Gasteiger partial charge in [-0.2, -0.15) is 13.5 Å². The fourth-order valence-corrected chi connectivity index (χ4v) is 6.24. The number of aromatic nitrogens is 2. The Morgan fingerprint density at radius 1 is 1.11 bits per heavy atom. The van der Waals surface area contributed by atoms with Gasteiger partial charge in [0.15, 0.2) is 13.3 Å². The maximum Gasteiger partial charge on any atom is 0.283 e. The molecule has 36 heavy (non-hydrogen) atoms. The molecule has 1 amide bonds. The van der Waals surface area contributed by atoms with Crippen LogP contribution in [0.1, 0.15) is 83.9 Å². The molecule has 2 rings (SSSR count). The lowest BCUT2D eigenvalue weighted by Crippen LogP contribution is -2.44. The Kier molecular flexibility index (Phi) is 9.34. The molecule has 0 aliphatic rings. The second-order valence-corrected chi connectivity index (χ2v) is 18.0. The number of amides is 1. The predicted molar refractivity (Wildman–Crippen MR) is 144 cm³/mol. The van der Waals surface area contributed by atoms with E-state index in [2.05, 4.69) is 43.7 Å². The molecule has 1 N–H and O–H groups in total. The summed E-state index contributed by atoms with van der Waals surface area (Å²) in [6.07, 6.45) is 1.25. The number of halogens is 1. The molecule has 0 bridgehead atoms.